The normalized spacial score (nSPS) is 28.7. The van der Waals surface area contributed by atoms with Crippen molar-refractivity contribution in [2.24, 2.45) is 5.92 Å². The van der Waals surface area contributed by atoms with Crippen LogP contribution in [0.2, 0.25) is 0 Å². The topological polar surface area (TPSA) is 65.5 Å². The summed E-state index contributed by atoms with van der Waals surface area (Å²) in [6.07, 6.45) is 6.18. The Balaban J connectivity index is 1.66. The second kappa shape index (κ2) is 7.41. The summed E-state index contributed by atoms with van der Waals surface area (Å²) in [7, 11) is 0. The third kappa shape index (κ3) is 4.04. The van der Waals surface area contributed by atoms with E-state index in [1.54, 1.807) is 6.20 Å². The molecule has 2 aliphatic rings. The van der Waals surface area contributed by atoms with Gasteiger partial charge in [-0.3, -0.25) is 14.7 Å². The molecule has 1 saturated carbocycles. The zero-order valence-electron chi connectivity index (χ0n) is 15.7. The van der Waals surface area contributed by atoms with Gasteiger partial charge in [0.2, 0.25) is 5.91 Å². The van der Waals surface area contributed by atoms with E-state index < -0.39 is 5.60 Å². The Kier molecular flexibility index (Phi) is 4.98. The zero-order valence-corrected chi connectivity index (χ0v) is 15.7. The maximum Gasteiger partial charge on any atom is 0.223 e. The molecule has 0 bridgehead atoms. The average molecular weight is 365 g/mol. The lowest BCUT2D eigenvalue weighted by Crippen LogP contribution is -2.62. The van der Waals surface area contributed by atoms with Crippen molar-refractivity contribution in [3.63, 3.8) is 0 Å². The van der Waals surface area contributed by atoms with E-state index in [2.05, 4.69) is 33.4 Å². The van der Waals surface area contributed by atoms with Crippen molar-refractivity contribution in [1.82, 2.24) is 15.2 Å². The van der Waals surface area contributed by atoms with Gasteiger partial charge in [0.05, 0.1) is 17.7 Å². The largest absolute Gasteiger partial charge is 0.388 e. The fraction of sp³-hybridized carbons (Fsp3) is 0.455. The van der Waals surface area contributed by atoms with Gasteiger partial charge in [0, 0.05) is 31.4 Å². The van der Waals surface area contributed by atoms with E-state index in [0.717, 1.165) is 37.1 Å². The molecule has 1 aliphatic carbocycles. The molecule has 1 amide bonds. The summed E-state index contributed by atoms with van der Waals surface area (Å²) in [5.74, 6) is 0.190. The number of amides is 1. The predicted molar refractivity (Wildman–Crippen MR) is 104 cm³/mol. The van der Waals surface area contributed by atoms with Gasteiger partial charge in [0.15, 0.2) is 0 Å². The van der Waals surface area contributed by atoms with E-state index in [9.17, 15) is 9.90 Å². The van der Waals surface area contributed by atoms with Gasteiger partial charge in [-0.2, -0.15) is 0 Å². The van der Waals surface area contributed by atoms with Crippen molar-refractivity contribution in [2.75, 3.05) is 6.54 Å². The summed E-state index contributed by atoms with van der Waals surface area (Å²) in [5.41, 5.74) is 1.30. The first kappa shape index (κ1) is 18.1. The minimum absolute atomic E-state index is 0.0735. The van der Waals surface area contributed by atoms with Gasteiger partial charge in [-0.1, -0.05) is 36.4 Å². The number of piperidine rings is 1. The van der Waals surface area contributed by atoms with E-state index in [0.29, 0.717) is 6.42 Å². The van der Waals surface area contributed by atoms with Crippen LogP contribution in [0.1, 0.15) is 43.4 Å². The summed E-state index contributed by atoms with van der Waals surface area (Å²) in [6, 6.07) is 13.8. The minimum Gasteiger partial charge on any atom is -0.388 e. The molecule has 4 rings (SSSR count). The lowest BCUT2D eigenvalue weighted by Gasteiger charge is -2.49. The standard InChI is InChI=1S/C22H27N3O2/c1-22(27)11-13-25(15-16-6-5-12-23-14-16)19(17-7-3-2-4-8-17)20(22)24-21(26)18-9-10-18/h2-8,12,14,18-20,27H,9-11,13,15H2,1H3,(H,24,26)/t19-,20-,22+/m0/s1. The molecule has 0 spiro atoms. The van der Waals surface area contributed by atoms with Crippen molar-refractivity contribution < 1.29 is 9.90 Å². The molecule has 1 aliphatic heterocycles. The number of aromatic nitrogens is 1. The highest BCUT2D eigenvalue weighted by Gasteiger charge is 2.47. The average Bonchev–Trinajstić information content (AvgIpc) is 3.51. The number of rotatable bonds is 5. The van der Waals surface area contributed by atoms with Crippen LogP contribution < -0.4 is 5.32 Å². The van der Waals surface area contributed by atoms with Crippen molar-refractivity contribution in [2.45, 2.75) is 50.4 Å². The van der Waals surface area contributed by atoms with Crippen molar-refractivity contribution in [1.29, 1.82) is 0 Å². The maximum atomic E-state index is 12.6. The first-order chi connectivity index (χ1) is 13.0. The fourth-order valence-electron chi connectivity index (χ4n) is 4.02. The summed E-state index contributed by atoms with van der Waals surface area (Å²) in [5, 5.41) is 14.3. The van der Waals surface area contributed by atoms with Gasteiger partial charge in [0.25, 0.3) is 0 Å². The predicted octanol–water partition coefficient (Wildman–Crippen LogP) is 2.67. The molecule has 5 nitrogen and oxygen atoms in total. The Labute approximate surface area is 160 Å². The zero-order chi connectivity index (χ0) is 18.9. The molecule has 1 aromatic carbocycles. The summed E-state index contributed by atoms with van der Waals surface area (Å²) in [6.45, 7) is 3.35. The lowest BCUT2D eigenvalue weighted by molar-refractivity contribution is -0.130. The molecule has 0 radical (unpaired) electrons. The molecule has 3 atom stereocenters. The van der Waals surface area contributed by atoms with Crippen molar-refractivity contribution >= 4 is 5.91 Å². The Morgan fingerprint density at radius 1 is 1.26 bits per heavy atom. The molecule has 2 fully saturated rings. The number of carbonyl (C=O) groups is 1. The number of hydrogen-bond acceptors (Lipinski definition) is 4. The van der Waals surface area contributed by atoms with E-state index in [1.165, 1.54) is 0 Å². The van der Waals surface area contributed by atoms with E-state index in [1.807, 2.05) is 37.4 Å². The summed E-state index contributed by atoms with van der Waals surface area (Å²) < 4.78 is 0. The minimum atomic E-state index is -0.948. The van der Waals surface area contributed by atoms with Crippen LogP contribution in [0.4, 0.5) is 0 Å². The summed E-state index contributed by atoms with van der Waals surface area (Å²) >= 11 is 0. The smallest absolute Gasteiger partial charge is 0.223 e. The second-order valence-electron chi connectivity index (χ2n) is 8.05. The summed E-state index contributed by atoms with van der Waals surface area (Å²) in [4.78, 5) is 19.1. The Morgan fingerprint density at radius 2 is 2.04 bits per heavy atom. The van der Waals surface area contributed by atoms with Gasteiger partial charge in [-0.05, 0) is 43.4 Å². The molecule has 142 valence electrons. The van der Waals surface area contributed by atoms with Crippen LogP contribution in [0.3, 0.4) is 0 Å². The van der Waals surface area contributed by atoms with Crippen molar-refractivity contribution in [3.8, 4) is 0 Å². The van der Waals surface area contributed by atoms with Crippen LogP contribution in [0.15, 0.2) is 54.9 Å². The monoisotopic (exact) mass is 365 g/mol. The highest BCUT2D eigenvalue weighted by atomic mass is 16.3. The molecule has 5 heteroatoms. The first-order valence-electron chi connectivity index (χ1n) is 9.75. The maximum absolute atomic E-state index is 12.6. The van der Waals surface area contributed by atoms with Crippen LogP contribution in [-0.2, 0) is 11.3 Å². The van der Waals surface area contributed by atoms with E-state index in [4.69, 9.17) is 0 Å². The van der Waals surface area contributed by atoms with Crippen LogP contribution in [0.25, 0.3) is 0 Å². The number of nitrogens with zero attached hydrogens (tertiary/aromatic N) is 2. The second-order valence-corrected chi connectivity index (χ2v) is 8.05. The van der Waals surface area contributed by atoms with Gasteiger partial charge < -0.3 is 10.4 Å². The molecule has 1 saturated heterocycles. The number of carbonyl (C=O) groups excluding carboxylic acids is 1. The first-order valence-corrected chi connectivity index (χ1v) is 9.75. The van der Waals surface area contributed by atoms with E-state index >= 15 is 0 Å². The number of pyridine rings is 1. The van der Waals surface area contributed by atoms with Crippen molar-refractivity contribution in [3.05, 3.63) is 66.0 Å². The molecule has 2 N–H and O–H groups in total. The third-order valence-electron chi connectivity index (χ3n) is 5.78. The highest BCUT2D eigenvalue weighted by Crippen LogP contribution is 2.39. The Hall–Kier alpha value is -2.24. The number of hydrogen-bond donors (Lipinski definition) is 2. The van der Waals surface area contributed by atoms with Crippen LogP contribution in [-0.4, -0.2) is 39.1 Å². The highest BCUT2D eigenvalue weighted by molar-refractivity contribution is 5.81. The number of nitrogens with one attached hydrogen (secondary N) is 1. The molecular weight excluding hydrogens is 338 g/mol. The molecular formula is C22H27N3O2. The molecule has 1 aromatic heterocycles. The number of likely N-dealkylation sites (tertiary alicyclic amines) is 1. The fourth-order valence-corrected chi connectivity index (χ4v) is 4.02. The Bertz CT molecular complexity index is 775. The van der Waals surface area contributed by atoms with Crippen LogP contribution in [0, 0.1) is 5.92 Å². The lowest BCUT2D eigenvalue weighted by atomic mass is 9.79. The van der Waals surface area contributed by atoms with Crippen LogP contribution in [0.5, 0.6) is 0 Å². The third-order valence-corrected chi connectivity index (χ3v) is 5.78. The van der Waals surface area contributed by atoms with E-state index in [-0.39, 0.29) is 23.9 Å². The SMILES string of the molecule is C[C@@]1(O)CCN(Cc2cccnc2)[C@@H](c2ccccc2)[C@@H]1NC(=O)C1CC1. The number of benzene rings is 1. The Morgan fingerprint density at radius 3 is 2.70 bits per heavy atom. The van der Waals surface area contributed by atoms with Crippen LogP contribution >= 0.6 is 0 Å². The van der Waals surface area contributed by atoms with Gasteiger partial charge in [-0.25, -0.2) is 0 Å². The molecule has 2 aromatic rings. The number of aliphatic hydroxyl groups is 1. The van der Waals surface area contributed by atoms with Gasteiger partial charge >= 0.3 is 0 Å². The molecule has 0 unspecified atom stereocenters. The quantitative estimate of drug-likeness (QED) is 0.855. The molecule has 2 heterocycles. The molecule has 27 heavy (non-hydrogen) atoms. The van der Waals surface area contributed by atoms with Gasteiger partial charge in [0.1, 0.15) is 0 Å². The van der Waals surface area contributed by atoms with Gasteiger partial charge in [-0.15, -0.1) is 0 Å².